The van der Waals surface area contributed by atoms with Gasteiger partial charge in [-0.25, -0.2) is 0 Å². The fourth-order valence-electron chi connectivity index (χ4n) is 1.07. The number of rotatable bonds is 3. The van der Waals surface area contributed by atoms with E-state index < -0.39 is 5.92 Å². The molecule has 0 saturated heterocycles. The topological polar surface area (TPSA) is 57.8 Å². The standard InChI is InChI=1S/C10H13N3O/c1-8(6-11)10(14)12-7-9-4-3-5-13(9)2/h3-5,8H,7H2,1-2H3,(H,12,14). The summed E-state index contributed by atoms with van der Waals surface area (Å²) in [6.45, 7) is 2.05. The van der Waals surface area contributed by atoms with Crippen LogP contribution in [0.25, 0.3) is 0 Å². The molecule has 14 heavy (non-hydrogen) atoms. The fourth-order valence-corrected chi connectivity index (χ4v) is 1.07. The molecular weight excluding hydrogens is 178 g/mol. The first-order chi connectivity index (χ1) is 6.65. The normalized spacial score (nSPS) is 11.8. The molecular formula is C10H13N3O. The van der Waals surface area contributed by atoms with E-state index in [9.17, 15) is 4.79 Å². The van der Waals surface area contributed by atoms with E-state index in [1.807, 2.05) is 36.0 Å². The van der Waals surface area contributed by atoms with Gasteiger partial charge >= 0.3 is 0 Å². The molecule has 0 bridgehead atoms. The molecule has 0 aliphatic heterocycles. The monoisotopic (exact) mass is 191 g/mol. The van der Waals surface area contributed by atoms with Gasteiger partial charge in [0.25, 0.3) is 0 Å². The van der Waals surface area contributed by atoms with Gasteiger partial charge < -0.3 is 9.88 Å². The van der Waals surface area contributed by atoms with Gasteiger partial charge in [-0.2, -0.15) is 5.26 Å². The first-order valence-electron chi connectivity index (χ1n) is 4.42. The third kappa shape index (κ3) is 2.36. The number of nitrogens with zero attached hydrogens (tertiary/aromatic N) is 2. The van der Waals surface area contributed by atoms with E-state index in [2.05, 4.69) is 5.32 Å². The minimum Gasteiger partial charge on any atom is -0.353 e. The van der Waals surface area contributed by atoms with Gasteiger partial charge in [-0.3, -0.25) is 4.79 Å². The second-order valence-electron chi connectivity index (χ2n) is 3.18. The molecule has 1 aromatic rings. The van der Waals surface area contributed by atoms with Crippen LogP contribution in [0, 0.1) is 17.2 Å². The number of carbonyl (C=O) groups is 1. The number of hydrogen-bond acceptors (Lipinski definition) is 2. The molecule has 1 atom stereocenters. The Balaban J connectivity index is 2.46. The number of nitrogens with one attached hydrogen (secondary N) is 1. The predicted molar refractivity (Wildman–Crippen MR) is 52.0 cm³/mol. The molecule has 74 valence electrons. The van der Waals surface area contributed by atoms with E-state index in [4.69, 9.17) is 5.26 Å². The van der Waals surface area contributed by atoms with Gasteiger partial charge in [0.1, 0.15) is 5.92 Å². The summed E-state index contributed by atoms with van der Waals surface area (Å²) in [7, 11) is 1.91. The molecule has 1 heterocycles. The molecule has 4 heteroatoms. The maximum Gasteiger partial charge on any atom is 0.237 e. The van der Waals surface area contributed by atoms with Crippen LogP contribution in [0.1, 0.15) is 12.6 Å². The second kappa shape index (κ2) is 4.47. The molecule has 0 aliphatic carbocycles. The number of amides is 1. The van der Waals surface area contributed by atoms with Gasteiger partial charge in [0, 0.05) is 18.9 Å². The van der Waals surface area contributed by atoms with Crippen molar-refractivity contribution in [2.75, 3.05) is 0 Å². The van der Waals surface area contributed by atoms with Crippen LogP contribution in [0.2, 0.25) is 0 Å². The molecule has 0 fully saturated rings. The van der Waals surface area contributed by atoms with Crippen molar-refractivity contribution in [3.63, 3.8) is 0 Å². The van der Waals surface area contributed by atoms with Crippen molar-refractivity contribution in [1.82, 2.24) is 9.88 Å². The molecule has 1 N–H and O–H groups in total. The van der Waals surface area contributed by atoms with Crippen molar-refractivity contribution < 1.29 is 4.79 Å². The first kappa shape index (κ1) is 10.3. The fraction of sp³-hybridized carbons (Fsp3) is 0.400. The lowest BCUT2D eigenvalue weighted by Crippen LogP contribution is -2.28. The van der Waals surface area contributed by atoms with E-state index in [1.165, 1.54) is 0 Å². The zero-order valence-corrected chi connectivity index (χ0v) is 8.32. The Morgan fingerprint density at radius 1 is 1.79 bits per heavy atom. The average Bonchev–Trinajstić information content (AvgIpc) is 2.59. The third-order valence-corrected chi connectivity index (χ3v) is 2.08. The minimum absolute atomic E-state index is 0.228. The number of aromatic nitrogens is 1. The Morgan fingerprint density at radius 3 is 3.00 bits per heavy atom. The lowest BCUT2D eigenvalue weighted by atomic mass is 10.2. The Morgan fingerprint density at radius 2 is 2.50 bits per heavy atom. The van der Waals surface area contributed by atoms with Gasteiger partial charge in [0.05, 0.1) is 12.6 Å². The summed E-state index contributed by atoms with van der Waals surface area (Å²) < 4.78 is 1.93. The van der Waals surface area contributed by atoms with Crippen LogP contribution >= 0.6 is 0 Å². The lowest BCUT2D eigenvalue weighted by molar-refractivity contribution is -0.123. The zero-order valence-electron chi connectivity index (χ0n) is 8.32. The van der Waals surface area contributed by atoms with Crippen LogP contribution in [0.5, 0.6) is 0 Å². The highest BCUT2D eigenvalue weighted by atomic mass is 16.1. The summed E-state index contributed by atoms with van der Waals surface area (Å²) in [5, 5.41) is 11.2. The smallest absolute Gasteiger partial charge is 0.237 e. The Labute approximate surface area is 83.1 Å². The van der Waals surface area contributed by atoms with Crippen molar-refractivity contribution in [2.45, 2.75) is 13.5 Å². The van der Waals surface area contributed by atoms with Crippen LogP contribution < -0.4 is 5.32 Å². The van der Waals surface area contributed by atoms with Gasteiger partial charge in [0.2, 0.25) is 5.91 Å². The molecule has 0 radical (unpaired) electrons. The van der Waals surface area contributed by atoms with Gasteiger partial charge in [-0.1, -0.05) is 0 Å². The minimum atomic E-state index is -0.588. The summed E-state index contributed by atoms with van der Waals surface area (Å²) in [5.41, 5.74) is 1.02. The van der Waals surface area contributed by atoms with Crippen LogP contribution in [-0.2, 0) is 18.4 Å². The molecule has 0 aliphatic rings. The van der Waals surface area contributed by atoms with Crippen molar-refractivity contribution in [3.05, 3.63) is 24.0 Å². The van der Waals surface area contributed by atoms with E-state index in [0.717, 1.165) is 5.69 Å². The highest BCUT2D eigenvalue weighted by molar-refractivity contribution is 5.80. The Kier molecular flexibility index (Phi) is 3.29. The summed E-state index contributed by atoms with van der Waals surface area (Å²) >= 11 is 0. The molecule has 4 nitrogen and oxygen atoms in total. The maximum absolute atomic E-state index is 11.2. The van der Waals surface area contributed by atoms with Crippen LogP contribution in [0.3, 0.4) is 0 Å². The maximum atomic E-state index is 11.2. The summed E-state index contributed by atoms with van der Waals surface area (Å²) in [6, 6.07) is 5.73. The van der Waals surface area contributed by atoms with E-state index in [-0.39, 0.29) is 5.91 Å². The first-order valence-corrected chi connectivity index (χ1v) is 4.42. The molecule has 1 aromatic heterocycles. The van der Waals surface area contributed by atoms with Crippen molar-refractivity contribution in [3.8, 4) is 6.07 Å². The molecule has 0 saturated carbocycles. The lowest BCUT2D eigenvalue weighted by Gasteiger charge is -2.06. The summed E-state index contributed by atoms with van der Waals surface area (Å²) in [6.07, 6.45) is 1.91. The number of nitriles is 1. The van der Waals surface area contributed by atoms with Gasteiger partial charge in [-0.05, 0) is 19.1 Å². The predicted octanol–water partition coefficient (Wildman–Crippen LogP) is 0.801. The van der Waals surface area contributed by atoms with Crippen molar-refractivity contribution in [2.24, 2.45) is 13.0 Å². The quantitative estimate of drug-likeness (QED) is 0.768. The number of aryl methyl sites for hydroxylation is 1. The van der Waals surface area contributed by atoms with Crippen molar-refractivity contribution in [1.29, 1.82) is 5.26 Å². The summed E-state index contributed by atoms with van der Waals surface area (Å²) in [5.74, 6) is -0.816. The Bertz CT molecular complexity index is 362. The summed E-state index contributed by atoms with van der Waals surface area (Å²) in [4.78, 5) is 11.2. The number of hydrogen-bond donors (Lipinski definition) is 1. The van der Waals surface area contributed by atoms with E-state index >= 15 is 0 Å². The molecule has 1 amide bonds. The average molecular weight is 191 g/mol. The third-order valence-electron chi connectivity index (χ3n) is 2.08. The van der Waals surface area contributed by atoms with Crippen LogP contribution in [0.4, 0.5) is 0 Å². The molecule has 1 rings (SSSR count). The molecule has 1 unspecified atom stereocenters. The molecule has 0 aromatic carbocycles. The van der Waals surface area contributed by atoms with E-state index in [1.54, 1.807) is 6.92 Å². The van der Waals surface area contributed by atoms with Crippen molar-refractivity contribution >= 4 is 5.91 Å². The van der Waals surface area contributed by atoms with Crippen LogP contribution in [-0.4, -0.2) is 10.5 Å². The highest BCUT2D eigenvalue weighted by Crippen LogP contribution is 1.99. The van der Waals surface area contributed by atoms with Gasteiger partial charge in [0.15, 0.2) is 0 Å². The Hall–Kier alpha value is -1.76. The number of carbonyl (C=O) groups excluding carboxylic acids is 1. The van der Waals surface area contributed by atoms with Crippen LogP contribution in [0.15, 0.2) is 18.3 Å². The molecule has 0 spiro atoms. The van der Waals surface area contributed by atoms with Gasteiger partial charge in [-0.15, -0.1) is 0 Å². The van der Waals surface area contributed by atoms with E-state index in [0.29, 0.717) is 6.54 Å². The largest absolute Gasteiger partial charge is 0.353 e. The SMILES string of the molecule is CC(C#N)C(=O)NCc1cccn1C. The zero-order chi connectivity index (χ0) is 10.6. The second-order valence-corrected chi connectivity index (χ2v) is 3.18. The highest BCUT2D eigenvalue weighted by Gasteiger charge is 2.10.